The van der Waals surface area contributed by atoms with Crippen molar-refractivity contribution in [3.8, 4) is 0 Å². The average molecular weight is 533 g/mol. The molecule has 7 atom stereocenters. The number of fused-ring (bicyclic) bond motifs is 1. The summed E-state index contributed by atoms with van der Waals surface area (Å²) in [6.45, 7) is 17.7. The first-order valence-corrected chi connectivity index (χ1v) is 14.4. The van der Waals surface area contributed by atoms with E-state index in [1.807, 2.05) is 33.8 Å². The normalized spacial score (nSPS) is 31.3. The monoisotopic (exact) mass is 532 g/mol. The van der Waals surface area contributed by atoms with Gasteiger partial charge in [0.05, 0.1) is 30.8 Å². The number of aliphatic hydroxyl groups excluding tert-OH is 1. The molecule has 3 heterocycles. The van der Waals surface area contributed by atoms with Crippen molar-refractivity contribution in [2.24, 2.45) is 17.8 Å². The number of amides is 2. The lowest BCUT2D eigenvalue weighted by Gasteiger charge is -2.42. The molecule has 0 saturated carbocycles. The predicted molar refractivity (Wildman–Crippen MR) is 146 cm³/mol. The number of nitrogens with zero attached hydrogens (tertiary/aromatic N) is 2. The number of hydrogen-bond donors (Lipinski definition) is 1. The third-order valence-corrected chi connectivity index (χ3v) is 8.91. The van der Waals surface area contributed by atoms with Crippen LogP contribution < -0.4 is 0 Å². The first-order valence-electron chi connectivity index (χ1n) is 14.4. The molecule has 8 nitrogen and oxygen atoms in total. The van der Waals surface area contributed by atoms with E-state index < -0.39 is 41.1 Å². The highest BCUT2D eigenvalue weighted by Gasteiger charge is 2.79. The maximum Gasteiger partial charge on any atom is 0.312 e. The quantitative estimate of drug-likeness (QED) is 0.195. The molecule has 3 aliphatic rings. The Labute approximate surface area is 228 Å². The standard InChI is InChI=1S/C30H48N2O6/c1-8-11-12-13-18-37-28(36)24-23-26(34)32(22(19-33)20(4)5)25(30(23)16-15-29(24,7)38-30)27(35)31(17-10-3)21(6)14-9-2/h8,10,20-25,33H,1,3,9,11-19H2,2,4-7H3/t21?,22-,23-,24+,25?,29-,30?/m0/s1. The van der Waals surface area contributed by atoms with Crippen LogP contribution >= 0.6 is 0 Å². The highest BCUT2D eigenvalue weighted by molar-refractivity contribution is 5.98. The Morgan fingerprint density at radius 3 is 2.53 bits per heavy atom. The van der Waals surface area contributed by atoms with Crippen molar-refractivity contribution in [2.45, 2.75) is 109 Å². The van der Waals surface area contributed by atoms with Gasteiger partial charge in [-0.3, -0.25) is 14.4 Å². The highest BCUT2D eigenvalue weighted by atomic mass is 16.6. The molecule has 1 spiro atoms. The van der Waals surface area contributed by atoms with Crippen LogP contribution in [0.4, 0.5) is 0 Å². The fraction of sp³-hybridized carbons (Fsp3) is 0.767. The number of ether oxygens (including phenoxy) is 2. The third kappa shape index (κ3) is 5.18. The zero-order valence-corrected chi connectivity index (χ0v) is 24.0. The van der Waals surface area contributed by atoms with Crippen molar-refractivity contribution in [2.75, 3.05) is 19.8 Å². The molecular formula is C30H48N2O6. The van der Waals surface area contributed by atoms with Gasteiger partial charge in [0, 0.05) is 12.6 Å². The van der Waals surface area contributed by atoms with Crippen molar-refractivity contribution in [3.05, 3.63) is 25.3 Å². The minimum Gasteiger partial charge on any atom is -0.465 e. The summed E-state index contributed by atoms with van der Waals surface area (Å²) >= 11 is 0. The first kappa shape index (κ1) is 30.4. The number of likely N-dealkylation sites (tertiary alicyclic amines) is 1. The van der Waals surface area contributed by atoms with Crippen molar-refractivity contribution < 1.29 is 29.0 Å². The maximum atomic E-state index is 14.4. The molecule has 3 rings (SSSR count). The zero-order chi connectivity index (χ0) is 28.3. The lowest BCUT2D eigenvalue weighted by Crippen LogP contribution is -2.60. The average Bonchev–Trinajstić information content (AvgIpc) is 3.43. The van der Waals surface area contributed by atoms with E-state index in [9.17, 15) is 19.5 Å². The molecule has 3 unspecified atom stereocenters. The van der Waals surface area contributed by atoms with Gasteiger partial charge in [-0.2, -0.15) is 0 Å². The SMILES string of the molecule is C=CCCCCOC(=O)[C@H]1[C@H]2C(=O)N([C@@H](CO)C(C)C)C(C(=O)N(CC=C)C(C)CCC)C23CC[C@]1(C)O3. The van der Waals surface area contributed by atoms with Crippen LogP contribution in [0.25, 0.3) is 0 Å². The molecule has 214 valence electrons. The van der Waals surface area contributed by atoms with E-state index in [0.29, 0.717) is 25.8 Å². The molecule has 0 radical (unpaired) electrons. The summed E-state index contributed by atoms with van der Waals surface area (Å²) in [5.41, 5.74) is -2.02. The van der Waals surface area contributed by atoms with E-state index in [-0.39, 0.29) is 37.0 Å². The van der Waals surface area contributed by atoms with Crippen LogP contribution in [0.3, 0.4) is 0 Å². The van der Waals surface area contributed by atoms with Gasteiger partial charge in [0.2, 0.25) is 11.8 Å². The molecule has 2 amide bonds. The molecule has 3 aliphatic heterocycles. The number of carbonyl (C=O) groups excluding carboxylic acids is 3. The fourth-order valence-corrected chi connectivity index (χ4v) is 6.99. The molecule has 0 aromatic carbocycles. The van der Waals surface area contributed by atoms with Gasteiger partial charge >= 0.3 is 5.97 Å². The van der Waals surface area contributed by atoms with Crippen molar-refractivity contribution >= 4 is 17.8 Å². The largest absolute Gasteiger partial charge is 0.465 e. The molecule has 38 heavy (non-hydrogen) atoms. The Hall–Kier alpha value is -2.19. The van der Waals surface area contributed by atoms with Crippen LogP contribution in [0.15, 0.2) is 25.3 Å². The van der Waals surface area contributed by atoms with Gasteiger partial charge in [0.15, 0.2) is 0 Å². The highest BCUT2D eigenvalue weighted by Crippen LogP contribution is 2.64. The third-order valence-electron chi connectivity index (χ3n) is 8.91. The van der Waals surface area contributed by atoms with E-state index in [1.54, 1.807) is 15.9 Å². The van der Waals surface area contributed by atoms with Gasteiger partial charge in [-0.15, -0.1) is 13.2 Å². The molecule has 3 saturated heterocycles. The summed E-state index contributed by atoms with van der Waals surface area (Å²) in [6.07, 6.45) is 8.74. The van der Waals surface area contributed by atoms with Crippen LogP contribution in [0.2, 0.25) is 0 Å². The van der Waals surface area contributed by atoms with E-state index >= 15 is 0 Å². The van der Waals surface area contributed by atoms with E-state index in [4.69, 9.17) is 9.47 Å². The van der Waals surface area contributed by atoms with Gasteiger partial charge in [-0.1, -0.05) is 39.3 Å². The minimum atomic E-state index is -1.14. The van der Waals surface area contributed by atoms with Crippen LogP contribution in [-0.4, -0.2) is 81.8 Å². The second-order valence-corrected chi connectivity index (χ2v) is 11.8. The molecule has 0 aromatic rings. The molecule has 1 N–H and O–H groups in total. The second kappa shape index (κ2) is 12.3. The Morgan fingerprint density at radius 2 is 1.95 bits per heavy atom. The maximum absolute atomic E-state index is 14.4. The molecule has 8 heteroatoms. The summed E-state index contributed by atoms with van der Waals surface area (Å²) in [7, 11) is 0. The van der Waals surface area contributed by atoms with Crippen molar-refractivity contribution in [1.29, 1.82) is 0 Å². The fourth-order valence-electron chi connectivity index (χ4n) is 6.99. The Kier molecular flexibility index (Phi) is 9.85. The van der Waals surface area contributed by atoms with Crippen LogP contribution in [0.5, 0.6) is 0 Å². The lowest BCUT2D eigenvalue weighted by atomic mass is 9.66. The van der Waals surface area contributed by atoms with Gasteiger partial charge in [0.25, 0.3) is 0 Å². The Balaban J connectivity index is 2.03. The van der Waals surface area contributed by atoms with Gasteiger partial charge in [-0.25, -0.2) is 0 Å². The van der Waals surface area contributed by atoms with Crippen LogP contribution in [0, 0.1) is 17.8 Å². The van der Waals surface area contributed by atoms with Crippen molar-refractivity contribution in [1.82, 2.24) is 9.80 Å². The first-order chi connectivity index (χ1) is 18.0. The summed E-state index contributed by atoms with van der Waals surface area (Å²) in [4.78, 5) is 45.5. The summed E-state index contributed by atoms with van der Waals surface area (Å²) in [6, 6.07) is -1.56. The van der Waals surface area contributed by atoms with E-state index in [1.165, 1.54) is 0 Å². The van der Waals surface area contributed by atoms with Crippen molar-refractivity contribution in [3.63, 3.8) is 0 Å². The number of rotatable bonds is 15. The number of esters is 1. The molecule has 0 aromatic heterocycles. The summed E-state index contributed by atoms with van der Waals surface area (Å²) in [5, 5.41) is 10.4. The Morgan fingerprint density at radius 1 is 1.24 bits per heavy atom. The van der Waals surface area contributed by atoms with Gasteiger partial charge < -0.3 is 24.4 Å². The topological polar surface area (TPSA) is 96.4 Å². The molecule has 0 aliphatic carbocycles. The summed E-state index contributed by atoms with van der Waals surface area (Å²) in [5.74, 6) is -2.66. The molecular weight excluding hydrogens is 484 g/mol. The van der Waals surface area contributed by atoms with Crippen LogP contribution in [0.1, 0.15) is 79.6 Å². The van der Waals surface area contributed by atoms with Crippen LogP contribution in [-0.2, 0) is 23.9 Å². The van der Waals surface area contributed by atoms with Gasteiger partial charge in [0.1, 0.15) is 17.6 Å². The van der Waals surface area contributed by atoms with Gasteiger partial charge in [-0.05, 0) is 58.3 Å². The number of hydrogen-bond acceptors (Lipinski definition) is 6. The number of unbranched alkanes of at least 4 members (excludes halogenated alkanes) is 2. The summed E-state index contributed by atoms with van der Waals surface area (Å²) < 4.78 is 12.4. The number of aliphatic hydroxyl groups is 1. The smallest absolute Gasteiger partial charge is 0.312 e. The Bertz CT molecular complexity index is 905. The molecule has 3 fully saturated rings. The second-order valence-electron chi connectivity index (χ2n) is 11.8. The number of carbonyl (C=O) groups is 3. The van der Waals surface area contributed by atoms with E-state index in [2.05, 4.69) is 20.1 Å². The minimum absolute atomic E-state index is 0.0601. The zero-order valence-electron chi connectivity index (χ0n) is 24.0. The molecule has 2 bridgehead atoms. The van der Waals surface area contributed by atoms with E-state index in [0.717, 1.165) is 25.7 Å². The predicted octanol–water partition coefficient (Wildman–Crippen LogP) is 3.87. The number of allylic oxidation sites excluding steroid dienone is 1. The lowest BCUT2D eigenvalue weighted by molar-refractivity contribution is -0.163.